The Bertz CT molecular complexity index is 583. The Labute approximate surface area is 156 Å². The second kappa shape index (κ2) is 10.7. The van der Waals surface area contributed by atoms with Crippen molar-refractivity contribution in [2.45, 2.75) is 45.7 Å². The van der Waals surface area contributed by atoms with Crippen molar-refractivity contribution in [3.63, 3.8) is 0 Å². The molecule has 146 valence electrons. The van der Waals surface area contributed by atoms with E-state index in [9.17, 15) is 4.79 Å². The summed E-state index contributed by atoms with van der Waals surface area (Å²) in [7, 11) is 3.60. The zero-order valence-electron chi connectivity index (χ0n) is 16.6. The molecule has 0 aliphatic rings. The number of carbonyl (C=O) groups excluding carboxylic acids is 1. The number of nitrogens with two attached hydrogens (primary N) is 1. The van der Waals surface area contributed by atoms with E-state index < -0.39 is 6.04 Å². The lowest BCUT2D eigenvalue weighted by molar-refractivity contribution is -0.123. The molecule has 0 fully saturated rings. The first-order valence-electron chi connectivity index (χ1n) is 8.97. The van der Waals surface area contributed by atoms with Crippen LogP contribution < -0.4 is 21.1 Å². The van der Waals surface area contributed by atoms with E-state index in [1.165, 1.54) is 0 Å². The number of hydrogen-bond acceptors (Lipinski definition) is 4. The van der Waals surface area contributed by atoms with Gasteiger partial charge in [0.05, 0.1) is 12.1 Å². The molecular formula is C19H33N5O2. The average molecular weight is 364 g/mol. The summed E-state index contributed by atoms with van der Waals surface area (Å²) in [5.74, 6) is 1.04. The fourth-order valence-corrected chi connectivity index (χ4v) is 2.44. The molecule has 0 radical (unpaired) electrons. The maximum atomic E-state index is 12.2. The average Bonchev–Trinajstić information content (AvgIpc) is 2.57. The number of ether oxygens (including phenoxy) is 1. The summed E-state index contributed by atoms with van der Waals surface area (Å²) in [5, 5.41) is 13.5. The van der Waals surface area contributed by atoms with Crippen molar-refractivity contribution >= 4 is 11.9 Å². The van der Waals surface area contributed by atoms with Crippen molar-refractivity contribution in [1.82, 2.24) is 15.5 Å². The second-order valence-corrected chi connectivity index (χ2v) is 6.86. The highest BCUT2D eigenvalue weighted by Gasteiger charge is 2.16. The standard InChI is InChI=1S/C19H33N5O2/c1-13-8-6-9-14(2)17(13)26-12-15(3)23-18(25)16(20)10-7-11-22-19(21)24(4)5/h6,8-9,15-16H,7,10-12,20H2,1-5H3,(H2,21,22)(H,23,25)/t15?,16-/m0/s1. The zero-order chi connectivity index (χ0) is 19.7. The van der Waals surface area contributed by atoms with Crippen molar-refractivity contribution in [1.29, 1.82) is 5.41 Å². The van der Waals surface area contributed by atoms with E-state index in [1.807, 2.05) is 39.0 Å². The van der Waals surface area contributed by atoms with Gasteiger partial charge in [0.25, 0.3) is 0 Å². The summed E-state index contributed by atoms with van der Waals surface area (Å²) in [6, 6.07) is 5.31. The smallest absolute Gasteiger partial charge is 0.237 e. The monoisotopic (exact) mass is 363 g/mol. The van der Waals surface area contributed by atoms with Crippen molar-refractivity contribution in [3.05, 3.63) is 29.3 Å². The molecule has 7 nitrogen and oxygen atoms in total. The molecule has 7 heteroatoms. The van der Waals surface area contributed by atoms with Crippen LogP contribution in [0.15, 0.2) is 18.2 Å². The van der Waals surface area contributed by atoms with E-state index in [4.69, 9.17) is 15.9 Å². The largest absolute Gasteiger partial charge is 0.491 e. The molecule has 0 aliphatic heterocycles. The number of nitrogens with one attached hydrogen (secondary N) is 3. The van der Waals surface area contributed by atoms with Crippen LogP contribution in [-0.2, 0) is 4.79 Å². The molecule has 0 saturated heterocycles. The van der Waals surface area contributed by atoms with Crippen LogP contribution in [0.2, 0.25) is 0 Å². The number of nitrogens with zero attached hydrogens (tertiary/aromatic N) is 1. The van der Waals surface area contributed by atoms with Crippen LogP contribution >= 0.6 is 0 Å². The summed E-state index contributed by atoms with van der Waals surface area (Å²) in [6.07, 6.45) is 1.28. The third-order valence-corrected chi connectivity index (χ3v) is 4.04. The molecule has 0 aliphatic carbocycles. The molecule has 0 spiro atoms. The highest BCUT2D eigenvalue weighted by Crippen LogP contribution is 2.22. The van der Waals surface area contributed by atoms with Gasteiger partial charge in [0, 0.05) is 20.6 Å². The first-order valence-corrected chi connectivity index (χ1v) is 8.97. The summed E-state index contributed by atoms with van der Waals surface area (Å²) < 4.78 is 5.86. The van der Waals surface area contributed by atoms with E-state index in [-0.39, 0.29) is 11.9 Å². The summed E-state index contributed by atoms with van der Waals surface area (Å²) in [4.78, 5) is 13.9. The zero-order valence-corrected chi connectivity index (χ0v) is 16.6. The van der Waals surface area contributed by atoms with E-state index >= 15 is 0 Å². The van der Waals surface area contributed by atoms with Gasteiger partial charge in [-0.2, -0.15) is 0 Å². The first-order chi connectivity index (χ1) is 12.2. The molecular weight excluding hydrogens is 330 g/mol. The Morgan fingerprint density at radius 1 is 1.31 bits per heavy atom. The quantitative estimate of drug-likeness (QED) is 0.301. The minimum Gasteiger partial charge on any atom is -0.491 e. The summed E-state index contributed by atoms with van der Waals surface area (Å²) in [5.41, 5.74) is 8.11. The van der Waals surface area contributed by atoms with E-state index in [0.717, 1.165) is 23.3 Å². The van der Waals surface area contributed by atoms with Gasteiger partial charge in [0.2, 0.25) is 5.91 Å². The topological polar surface area (TPSA) is 103 Å². The molecule has 0 heterocycles. The Hall–Kier alpha value is -2.28. The third kappa shape index (κ3) is 7.31. The molecule has 0 saturated carbocycles. The number of guanidine groups is 1. The Balaban J connectivity index is 2.31. The Morgan fingerprint density at radius 3 is 2.50 bits per heavy atom. The van der Waals surface area contributed by atoms with Crippen LogP contribution in [0.1, 0.15) is 30.9 Å². The first kappa shape index (κ1) is 21.8. The van der Waals surface area contributed by atoms with Crippen LogP contribution in [0.4, 0.5) is 0 Å². The maximum absolute atomic E-state index is 12.2. The molecule has 0 aromatic heterocycles. The molecule has 5 N–H and O–H groups in total. The Morgan fingerprint density at radius 2 is 1.92 bits per heavy atom. The van der Waals surface area contributed by atoms with Gasteiger partial charge < -0.3 is 26.0 Å². The summed E-state index contributed by atoms with van der Waals surface area (Å²) >= 11 is 0. The van der Waals surface area contributed by atoms with Gasteiger partial charge in [-0.05, 0) is 44.7 Å². The highest BCUT2D eigenvalue weighted by molar-refractivity contribution is 5.81. The molecule has 1 aromatic carbocycles. The number of para-hydroxylation sites is 1. The van der Waals surface area contributed by atoms with Crippen LogP contribution in [0, 0.1) is 19.3 Å². The number of amides is 1. The fourth-order valence-electron chi connectivity index (χ4n) is 2.44. The van der Waals surface area contributed by atoms with E-state index in [1.54, 1.807) is 19.0 Å². The number of benzene rings is 1. The number of aryl methyl sites for hydroxylation is 2. The van der Waals surface area contributed by atoms with E-state index in [0.29, 0.717) is 25.5 Å². The lowest BCUT2D eigenvalue weighted by Crippen LogP contribution is -2.46. The van der Waals surface area contributed by atoms with E-state index in [2.05, 4.69) is 10.6 Å². The van der Waals surface area contributed by atoms with Gasteiger partial charge in [0.15, 0.2) is 5.96 Å². The van der Waals surface area contributed by atoms with Crippen molar-refractivity contribution in [2.24, 2.45) is 5.73 Å². The van der Waals surface area contributed by atoms with Crippen LogP contribution in [0.3, 0.4) is 0 Å². The molecule has 1 amide bonds. The van der Waals surface area contributed by atoms with Gasteiger partial charge >= 0.3 is 0 Å². The van der Waals surface area contributed by atoms with Gasteiger partial charge in [0.1, 0.15) is 12.4 Å². The Kier molecular flexibility index (Phi) is 8.92. The minimum absolute atomic E-state index is 0.132. The van der Waals surface area contributed by atoms with Crippen LogP contribution in [0.25, 0.3) is 0 Å². The lowest BCUT2D eigenvalue weighted by atomic mass is 10.1. The van der Waals surface area contributed by atoms with Gasteiger partial charge in [-0.15, -0.1) is 0 Å². The number of hydrogen-bond donors (Lipinski definition) is 4. The van der Waals surface area contributed by atoms with Gasteiger partial charge in [-0.1, -0.05) is 18.2 Å². The predicted octanol–water partition coefficient (Wildman–Crippen LogP) is 1.38. The second-order valence-electron chi connectivity index (χ2n) is 6.86. The molecule has 1 aromatic rings. The van der Waals surface area contributed by atoms with Gasteiger partial charge in [-0.25, -0.2) is 0 Å². The van der Waals surface area contributed by atoms with Crippen molar-refractivity contribution < 1.29 is 9.53 Å². The molecule has 1 rings (SSSR count). The van der Waals surface area contributed by atoms with Crippen molar-refractivity contribution in [2.75, 3.05) is 27.2 Å². The van der Waals surface area contributed by atoms with Crippen LogP contribution in [-0.4, -0.2) is 56.1 Å². The van der Waals surface area contributed by atoms with Crippen LogP contribution in [0.5, 0.6) is 5.75 Å². The normalized spacial score (nSPS) is 12.8. The predicted molar refractivity (Wildman–Crippen MR) is 106 cm³/mol. The minimum atomic E-state index is -0.562. The fraction of sp³-hybridized carbons (Fsp3) is 0.579. The lowest BCUT2D eigenvalue weighted by Gasteiger charge is -2.20. The molecule has 26 heavy (non-hydrogen) atoms. The van der Waals surface area contributed by atoms with Gasteiger partial charge in [-0.3, -0.25) is 10.2 Å². The maximum Gasteiger partial charge on any atom is 0.237 e. The summed E-state index contributed by atoms with van der Waals surface area (Å²) in [6.45, 7) is 6.92. The molecule has 0 bridgehead atoms. The SMILES string of the molecule is Cc1cccc(C)c1OCC(C)NC(=O)[C@@H](N)CCCNC(=N)N(C)C. The molecule has 1 unspecified atom stereocenters. The highest BCUT2D eigenvalue weighted by atomic mass is 16.5. The van der Waals surface area contributed by atoms with Crippen molar-refractivity contribution in [3.8, 4) is 5.75 Å². The number of rotatable bonds is 9. The molecule has 2 atom stereocenters. The third-order valence-electron chi connectivity index (χ3n) is 4.04. The number of carbonyl (C=O) groups is 1.